The maximum Gasteiger partial charge on any atom is 0.413 e. The normalized spacial score (nSPS) is 19.1. The van der Waals surface area contributed by atoms with Gasteiger partial charge >= 0.3 is 18.0 Å². The highest BCUT2D eigenvalue weighted by Gasteiger charge is 2.57. The number of aromatic nitrogens is 1. The van der Waals surface area contributed by atoms with Crippen LogP contribution in [0.5, 0.6) is 5.75 Å². The molecule has 53 heavy (non-hydrogen) atoms. The molecule has 3 heterocycles. The zero-order chi connectivity index (χ0) is 39.5. The summed E-state index contributed by atoms with van der Waals surface area (Å²) in [6.45, 7) is 12.7. The number of benzene rings is 1. The van der Waals surface area contributed by atoms with Crippen molar-refractivity contribution in [2.45, 2.75) is 90.2 Å². The molecule has 0 aliphatic carbocycles. The van der Waals surface area contributed by atoms with Crippen LogP contribution in [0.25, 0.3) is 0 Å². The van der Waals surface area contributed by atoms with E-state index in [0.717, 1.165) is 16.2 Å². The minimum absolute atomic E-state index is 0.0389. The average molecular weight is 796 g/mol. The molecule has 288 valence electrons. The predicted molar refractivity (Wildman–Crippen MR) is 196 cm³/mol. The van der Waals surface area contributed by atoms with E-state index in [-0.39, 0.29) is 40.3 Å². The predicted octanol–water partition coefficient (Wildman–Crippen LogP) is 3.99. The van der Waals surface area contributed by atoms with Crippen LogP contribution in [0.15, 0.2) is 46.1 Å². The molecule has 0 unspecified atom stereocenters. The number of alkyl halides is 1. The molecule has 0 spiro atoms. The van der Waals surface area contributed by atoms with E-state index in [0.29, 0.717) is 11.3 Å². The molecule has 0 saturated carbocycles. The topological polar surface area (TPSA) is 201 Å². The van der Waals surface area contributed by atoms with Gasteiger partial charge in [-0.15, -0.1) is 22.9 Å². The van der Waals surface area contributed by atoms with Gasteiger partial charge in [-0.25, -0.2) is 19.4 Å². The Balaban J connectivity index is 1.58. The number of fused-ring (bicyclic) bond motifs is 1. The first-order valence-corrected chi connectivity index (χ1v) is 19.0. The summed E-state index contributed by atoms with van der Waals surface area (Å²) in [5.41, 5.74) is -3.19. The van der Waals surface area contributed by atoms with E-state index >= 15 is 0 Å². The molecule has 1 fully saturated rings. The van der Waals surface area contributed by atoms with Gasteiger partial charge in [0.2, 0.25) is 5.60 Å². The molecule has 2 aliphatic rings. The summed E-state index contributed by atoms with van der Waals surface area (Å²) < 4.78 is 34.7. The number of hydrogen-bond donors (Lipinski definition) is 2. The van der Waals surface area contributed by atoms with Crippen LogP contribution >= 0.6 is 22.9 Å². The smallest absolute Gasteiger partial charge is 0.413 e. The Morgan fingerprint density at radius 3 is 2.26 bits per heavy atom. The SMILES string of the molecule is COc1ccc(COC(=O)C2=C(CCl)C[S@@](=O)[C@@H]3[C@H](NC(=O)C(=NOC(C)(C)C(=O)OC(C)(C)C)c4csc(NC(=O)OC(C)(C)C)n4)C(=O)N23)cc1. The van der Waals surface area contributed by atoms with Gasteiger partial charge in [-0.2, -0.15) is 0 Å². The van der Waals surface area contributed by atoms with Crippen LogP contribution in [0.4, 0.5) is 9.93 Å². The summed E-state index contributed by atoms with van der Waals surface area (Å²) in [5, 5.41) is 9.22. The number of β-lactam (4-membered cyclic amide) rings is 1. The van der Waals surface area contributed by atoms with Gasteiger partial charge in [0.05, 0.1) is 23.7 Å². The Kier molecular flexibility index (Phi) is 12.6. The number of oxime groups is 1. The largest absolute Gasteiger partial charge is 0.497 e. The number of carbonyl (C=O) groups excluding carboxylic acids is 5. The molecule has 1 aromatic carbocycles. The van der Waals surface area contributed by atoms with Gasteiger partial charge in [0.1, 0.15) is 46.4 Å². The molecule has 16 nitrogen and oxygen atoms in total. The summed E-state index contributed by atoms with van der Waals surface area (Å²) in [4.78, 5) is 76.8. The lowest BCUT2D eigenvalue weighted by molar-refractivity contribution is -0.179. The minimum atomic E-state index is -1.79. The van der Waals surface area contributed by atoms with Crippen molar-refractivity contribution in [2.75, 3.05) is 24.1 Å². The van der Waals surface area contributed by atoms with Crippen molar-refractivity contribution in [1.82, 2.24) is 15.2 Å². The van der Waals surface area contributed by atoms with E-state index in [1.165, 1.54) is 26.3 Å². The summed E-state index contributed by atoms with van der Waals surface area (Å²) in [7, 11) is -0.268. The number of ether oxygens (including phenoxy) is 4. The van der Waals surface area contributed by atoms with Gasteiger partial charge in [0, 0.05) is 11.3 Å². The molecule has 2 N–H and O–H groups in total. The lowest BCUT2D eigenvalue weighted by Gasteiger charge is -2.49. The lowest BCUT2D eigenvalue weighted by Crippen LogP contribution is -2.74. The number of halogens is 1. The van der Waals surface area contributed by atoms with Crippen LogP contribution in [0.1, 0.15) is 66.6 Å². The maximum atomic E-state index is 13.9. The number of rotatable bonds is 12. The number of amides is 3. The van der Waals surface area contributed by atoms with Gasteiger partial charge in [-0.1, -0.05) is 17.3 Å². The number of hydrogen-bond acceptors (Lipinski definition) is 14. The van der Waals surface area contributed by atoms with E-state index in [1.807, 2.05) is 0 Å². The maximum absolute atomic E-state index is 13.9. The van der Waals surface area contributed by atoms with E-state index in [2.05, 4.69) is 20.8 Å². The first kappa shape index (κ1) is 41.2. The first-order valence-electron chi connectivity index (χ1n) is 16.2. The number of nitrogens with one attached hydrogen (secondary N) is 2. The summed E-state index contributed by atoms with van der Waals surface area (Å²) >= 11 is 7.05. The van der Waals surface area contributed by atoms with Crippen molar-refractivity contribution in [2.24, 2.45) is 5.16 Å². The Bertz CT molecular complexity index is 1850. The van der Waals surface area contributed by atoms with Crippen molar-refractivity contribution < 1.29 is 52.0 Å². The second kappa shape index (κ2) is 16.2. The molecule has 0 radical (unpaired) electrons. The van der Waals surface area contributed by atoms with Crippen LogP contribution < -0.4 is 15.4 Å². The zero-order valence-corrected chi connectivity index (χ0v) is 33.1. The minimum Gasteiger partial charge on any atom is -0.497 e. The van der Waals surface area contributed by atoms with Crippen molar-refractivity contribution in [1.29, 1.82) is 0 Å². The van der Waals surface area contributed by atoms with Gasteiger partial charge in [-0.3, -0.25) is 24.0 Å². The molecule has 2 aromatic rings. The summed E-state index contributed by atoms with van der Waals surface area (Å²) in [6, 6.07) is 5.44. The molecular formula is C34H42ClN5O11S2. The second-order valence-electron chi connectivity index (χ2n) is 14.3. The van der Waals surface area contributed by atoms with Crippen molar-refractivity contribution in [3.63, 3.8) is 0 Å². The third-order valence-corrected chi connectivity index (χ3v) is 9.94. The van der Waals surface area contributed by atoms with Crippen LogP contribution in [0, 0.1) is 0 Å². The molecule has 19 heteroatoms. The third-order valence-electron chi connectivity index (χ3n) is 7.20. The summed E-state index contributed by atoms with van der Waals surface area (Å²) in [6.07, 6.45) is -0.800. The lowest BCUT2D eigenvalue weighted by atomic mass is 10.0. The van der Waals surface area contributed by atoms with E-state index in [9.17, 15) is 28.2 Å². The second-order valence-corrected chi connectivity index (χ2v) is 17.0. The quantitative estimate of drug-likeness (QED) is 0.0783. The number of esters is 2. The standard InChI is InChI=1S/C34H42ClN5O11S2/c1-32(2,3)49-29(44)34(7,8)51-39-22(21-16-52-30(36-21)38-31(45)50-33(4,5)6)25(41)37-23-26(42)40-24(19(14-35)17-53(46)27(23)40)28(43)48-15-18-10-12-20(47-9)13-11-18/h10-13,16,23,27H,14-15,17H2,1-9H3,(H,37,41)(H,36,38,45)/t23-,27-,53-/m1/s1. The van der Waals surface area contributed by atoms with Crippen LogP contribution in [-0.2, 0) is 55.6 Å². The Labute approximate surface area is 318 Å². The van der Waals surface area contributed by atoms with Crippen molar-refractivity contribution in [3.8, 4) is 5.75 Å². The van der Waals surface area contributed by atoms with Gasteiger partial charge in [-0.05, 0) is 78.7 Å². The molecule has 1 saturated heterocycles. The van der Waals surface area contributed by atoms with E-state index in [1.54, 1.807) is 65.8 Å². The van der Waals surface area contributed by atoms with Crippen LogP contribution in [0.3, 0.4) is 0 Å². The van der Waals surface area contributed by atoms with Crippen LogP contribution in [-0.4, -0.2) is 96.6 Å². The van der Waals surface area contributed by atoms with Crippen molar-refractivity contribution >= 4 is 74.4 Å². The molecular weight excluding hydrogens is 754 g/mol. The number of methoxy groups -OCH3 is 1. The number of thiazole rings is 1. The van der Waals surface area contributed by atoms with Crippen LogP contribution in [0.2, 0.25) is 0 Å². The molecule has 0 bridgehead atoms. The first-order chi connectivity index (χ1) is 24.6. The van der Waals surface area contributed by atoms with Crippen molar-refractivity contribution in [3.05, 3.63) is 52.2 Å². The molecule has 1 aromatic heterocycles. The number of nitrogens with zero attached hydrogens (tertiary/aromatic N) is 3. The van der Waals surface area contributed by atoms with Gasteiger partial charge < -0.3 is 29.1 Å². The fourth-order valence-electron chi connectivity index (χ4n) is 4.73. The Morgan fingerprint density at radius 2 is 1.68 bits per heavy atom. The van der Waals surface area contributed by atoms with E-state index < -0.39 is 74.6 Å². The number of carbonyl (C=O) groups is 5. The Morgan fingerprint density at radius 1 is 1.04 bits per heavy atom. The average Bonchev–Trinajstić information content (AvgIpc) is 3.51. The summed E-state index contributed by atoms with van der Waals surface area (Å²) in [5.74, 6) is -3.13. The molecule has 2 aliphatic heterocycles. The van der Waals surface area contributed by atoms with E-state index in [4.69, 9.17) is 35.4 Å². The fraction of sp³-hybridized carbons (Fsp3) is 0.500. The molecule has 3 atom stereocenters. The van der Waals surface area contributed by atoms with Gasteiger partial charge in [0.15, 0.2) is 10.8 Å². The molecule has 3 amide bonds. The van der Waals surface area contributed by atoms with Gasteiger partial charge in [0.25, 0.3) is 11.8 Å². The highest BCUT2D eigenvalue weighted by Crippen LogP contribution is 2.36. The molecule has 4 rings (SSSR count). The highest BCUT2D eigenvalue weighted by atomic mass is 35.5. The number of anilines is 1. The Hall–Kier alpha value is -4.55. The zero-order valence-electron chi connectivity index (χ0n) is 30.7. The third kappa shape index (κ3) is 10.3. The highest BCUT2D eigenvalue weighted by molar-refractivity contribution is 7.86. The fourth-order valence-corrected chi connectivity index (χ4v) is 7.43. The monoisotopic (exact) mass is 795 g/mol.